The molecule has 3 aromatic rings. The van der Waals surface area contributed by atoms with E-state index in [2.05, 4.69) is 35.1 Å². The van der Waals surface area contributed by atoms with Crippen molar-refractivity contribution in [3.8, 4) is 11.3 Å². The van der Waals surface area contributed by atoms with Gasteiger partial charge in [0.1, 0.15) is 5.82 Å². The van der Waals surface area contributed by atoms with Gasteiger partial charge in [-0.2, -0.15) is 0 Å². The van der Waals surface area contributed by atoms with Crippen molar-refractivity contribution in [2.45, 2.75) is 31.7 Å². The lowest BCUT2D eigenvalue weighted by molar-refractivity contribution is 0.0699. The number of rotatable bonds is 4. The lowest BCUT2D eigenvalue weighted by Crippen LogP contribution is -2.42. The van der Waals surface area contributed by atoms with Gasteiger partial charge >= 0.3 is 5.97 Å². The molecule has 0 atom stereocenters. The third kappa shape index (κ3) is 4.38. The maximum Gasteiger partial charge on any atom is 0.336 e. The molecule has 2 heterocycles. The molecular weight excluding hydrogens is 383 g/mol. The SMILES string of the molecule is C[Si]1(C)CCN(Cc2ccc(-c3cc(C(=O)O)c4cc(F)ccc4n3)cc2)CC1. The summed E-state index contributed by atoms with van der Waals surface area (Å²) in [5, 5.41) is 9.87. The summed E-state index contributed by atoms with van der Waals surface area (Å²) in [6.07, 6.45) is 0. The van der Waals surface area contributed by atoms with Gasteiger partial charge in [-0.15, -0.1) is 0 Å². The van der Waals surface area contributed by atoms with Crippen molar-refractivity contribution in [2.75, 3.05) is 13.1 Å². The van der Waals surface area contributed by atoms with Crippen LogP contribution in [-0.2, 0) is 6.54 Å². The highest BCUT2D eigenvalue weighted by molar-refractivity contribution is 6.77. The lowest BCUT2D eigenvalue weighted by atomic mass is 10.0. The van der Waals surface area contributed by atoms with Crippen LogP contribution in [0.15, 0.2) is 48.5 Å². The number of benzene rings is 2. The first kappa shape index (κ1) is 19.7. The maximum absolute atomic E-state index is 13.6. The van der Waals surface area contributed by atoms with E-state index < -0.39 is 19.9 Å². The molecular formula is C23H25FN2O2Si. The van der Waals surface area contributed by atoms with Gasteiger partial charge in [0.2, 0.25) is 0 Å². The smallest absolute Gasteiger partial charge is 0.336 e. The largest absolute Gasteiger partial charge is 0.478 e. The second-order valence-electron chi connectivity index (χ2n) is 8.66. The molecule has 1 N–H and O–H groups in total. The second kappa shape index (κ2) is 7.69. The molecule has 1 aromatic heterocycles. The summed E-state index contributed by atoms with van der Waals surface area (Å²) in [5.74, 6) is -1.56. The number of pyridine rings is 1. The predicted molar refractivity (Wildman–Crippen MR) is 116 cm³/mol. The molecule has 0 unspecified atom stereocenters. The molecule has 29 heavy (non-hydrogen) atoms. The van der Waals surface area contributed by atoms with E-state index in [1.54, 1.807) is 0 Å². The fourth-order valence-corrected chi connectivity index (χ4v) is 5.97. The summed E-state index contributed by atoms with van der Waals surface area (Å²) in [6, 6.07) is 16.4. The van der Waals surface area contributed by atoms with Crippen LogP contribution in [0, 0.1) is 5.82 Å². The molecule has 0 bridgehead atoms. The van der Waals surface area contributed by atoms with E-state index in [0.717, 1.165) is 12.1 Å². The molecule has 1 fully saturated rings. The van der Waals surface area contributed by atoms with E-state index in [9.17, 15) is 14.3 Å². The van der Waals surface area contributed by atoms with E-state index in [0.29, 0.717) is 16.6 Å². The van der Waals surface area contributed by atoms with Gasteiger partial charge in [0, 0.05) is 25.6 Å². The zero-order valence-corrected chi connectivity index (χ0v) is 17.8. The zero-order valence-electron chi connectivity index (χ0n) is 16.8. The number of hydrogen-bond donors (Lipinski definition) is 1. The van der Waals surface area contributed by atoms with Crippen molar-refractivity contribution >= 4 is 24.9 Å². The predicted octanol–water partition coefficient (Wildman–Crippen LogP) is 5.26. The average molecular weight is 409 g/mol. The van der Waals surface area contributed by atoms with Gasteiger partial charge in [0.25, 0.3) is 0 Å². The molecule has 0 spiro atoms. The minimum Gasteiger partial charge on any atom is -0.478 e. The number of aromatic carboxylic acids is 1. The Morgan fingerprint density at radius 3 is 2.45 bits per heavy atom. The Labute approximate surface area is 171 Å². The molecule has 1 saturated heterocycles. The van der Waals surface area contributed by atoms with Crippen molar-refractivity contribution in [2.24, 2.45) is 0 Å². The Bertz CT molecular complexity index is 1060. The molecule has 1 aliphatic rings. The van der Waals surface area contributed by atoms with Crippen LogP contribution in [0.25, 0.3) is 22.2 Å². The van der Waals surface area contributed by atoms with Crippen LogP contribution in [-0.4, -0.2) is 42.1 Å². The molecule has 6 heteroatoms. The number of carbonyl (C=O) groups is 1. The van der Waals surface area contributed by atoms with Crippen molar-refractivity contribution in [3.05, 3.63) is 65.5 Å². The van der Waals surface area contributed by atoms with E-state index in [1.165, 1.54) is 55.0 Å². The Morgan fingerprint density at radius 2 is 1.79 bits per heavy atom. The summed E-state index contributed by atoms with van der Waals surface area (Å²) >= 11 is 0. The average Bonchev–Trinajstić information content (AvgIpc) is 2.69. The number of nitrogens with zero attached hydrogens (tertiary/aromatic N) is 2. The summed E-state index contributed by atoms with van der Waals surface area (Å²) in [6.45, 7) is 8.22. The topological polar surface area (TPSA) is 53.4 Å². The Balaban J connectivity index is 1.58. The Morgan fingerprint density at radius 1 is 1.10 bits per heavy atom. The molecule has 2 aromatic carbocycles. The third-order valence-electron chi connectivity index (χ3n) is 5.87. The van der Waals surface area contributed by atoms with Crippen molar-refractivity contribution in [1.29, 1.82) is 0 Å². The number of hydrogen-bond acceptors (Lipinski definition) is 3. The lowest BCUT2D eigenvalue weighted by Gasteiger charge is -2.35. The van der Waals surface area contributed by atoms with Gasteiger partial charge in [0.15, 0.2) is 0 Å². The monoisotopic (exact) mass is 408 g/mol. The fourth-order valence-electron chi connectivity index (χ4n) is 3.88. The van der Waals surface area contributed by atoms with Crippen LogP contribution < -0.4 is 0 Å². The molecule has 0 saturated carbocycles. The van der Waals surface area contributed by atoms with Crippen LogP contribution in [0.2, 0.25) is 25.2 Å². The first-order valence-corrected chi connectivity index (χ1v) is 13.4. The van der Waals surface area contributed by atoms with Crippen LogP contribution in [0.4, 0.5) is 4.39 Å². The Kier molecular flexibility index (Phi) is 5.23. The number of aromatic nitrogens is 1. The number of fused-ring (bicyclic) bond motifs is 1. The van der Waals surface area contributed by atoms with Crippen molar-refractivity contribution in [3.63, 3.8) is 0 Å². The normalized spacial score (nSPS) is 16.8. The number of halogens is 1. The summed E-state index contributed by atoms with van der Waals surface area (Å²) in [4.78, 5) is 18.7. The highest BCUT2D eigenvalue weighted by Crippen LogP contribution is 2.27. The standard InChI is InChI=1S/C23H25FN2O2Si/c1-29(2)11-9-26(10-12-29)15-16-3-5-17(6-4-16)22-14-20(23(27)28)19-13-18(24)7-8-21(19)25-22/h3-8,13-14H,9-12,15H2,1-2H3,(H,27,28). The minimum absolute atomic E-state index is 0.0636. The van der Waals surface area contributed by atoms with Gasteiger partial charge in [-0.3, -0.25) is 4.90 Å². The van der Waals surface area contributed by atoms with Gasteiger partial charge < -0.3 is 5.11 Å². The van der Waals surface area contributed by atoms with Gasteiger partial charge in [-0.25, -0.2) is 14.2 Å². The summed E-state index contributed by atoms with van der Waals surface area (Å²) < 4.78 is 13.6. The van der Waals surface area contributed by atoms with Crippen LogP contribution in [0.1, 0.15) is 15.9 Å². The van der Waals surface area contributed by atoms with Crippen LogP contribution in [0.5, 0.6) is 0 Å². The van der Waals surface area contributed by atoms with Gasteiger partial charge in [-0.05, 0) is 55.0 Å². The third-order valence-corrected chi connectivity index (χ3v) is 9.02. The summed E-state index contributed by atoms with van der Waals surface area (Å²) in [7, 11) is -0.965. The van der Waals surface area contributed by atoms with Gasteiger partial charge in [-0.1, -0.05) is 37.4 Å². The molecule has 0 amide bonds. The quantitative estimate of drug-likeness (QED) is 0.598. The molecule has 0 radical (unpaired) electrons. The minimum atomic E-state index is -1.09. The van der Waals surface area contributed by atoms with Crippen molar-refractivity contribution < 1.29 is 14.3 Å². The van der Waals surface area contributed by atoms with Crippen LogP contribution in [0.3, 0.4) is 0 Å². The van der Waals surface area contributed by atoms with E-state index in [1.807, 2.05) is 12.1 Å². The van der Waals surface area contributed by atoms with Gasteiger partial charge in [0.05, 0.1) is 16.8 Å². The fraction of sp³-hybridized carbons (Fsp3) is 0.304. The molecule has 4 rings (SSSR count). The van der Waals surface area contributed by atoms with E-state index in [-0.39, 0.29) is 5.56 Å². The maximum atomic E-state index is 13.6. The first-order chi connectivity index (χ1) is 13.8. The van der Waals surface area contributed by atoms with E-state index >= 15 is 0 Å². The summed E-state index contributed by atoms with van der Waals surface area (Å²) in [5.41, 5.74) is 3.23. The van der Waals surface area contributed by atoms with E-state index in [4.69, 9.17) is 0 Å². The molecule has 4 nitrogen and oxygen atoms in total. The highest BCUT2D eigenvalue weighted by Gasteiger charge is 2.27. The van der Waals surface area contributed by atoms with Crippen molar-refractivity contribution in [1.82, 2.24) is 9.88 Å². The molecule has 0 aliphatic carbocycles. The molecule has 150 valence electrons. The number of carboxylic acid groups (broad SMARTS) is 1. The highest BCUT2D eigenvalue weighted by atomic mass is 28.3. The van der Waals surface area contributed by atoms with Crippen LogP contribution >= 0.6 is 0 Å². The Hall–Kier alpha value is -2.57. The number of carboxylic acids is 1. The second-order valence-corrected chi connectivity index (χ2v) is 14.0. The molecule has 1 aliphatic heterocycles. The zero-order chi connectivity index (χ0) is 20.6. The first-order valence-electron chi connectivity index (χ1n) is 9.96.